The van der Waals surface area contributed by atoms with Crippen molar-refractivity contribution in [3.05, 3.63) is 71.4 Å². The fourth-order valence-corrected chi connectivity index (χ4v) is 2.12. The smallest absolute Gasteiger partial charge is 0.145 e. The first kappa shape index (κ1) is 13.5. The Labute approximate surface area is 127 Å². The second-order valence-corrected chi connectivity index (χ2v) is 4.90. The maximum Gasteiger partial charge on any atom is 0.145 e. The van der Waals surface area contributed by atoms with Crippen molar-refractivity contribution in [2.75, 3.05) is 0 Å². The summed E-state index contributed by atoms with van der Waals surface area (Å²) in [5, 5.41) is 10.3. The van der Waals surface area contributed by atoms with Crippen molar-refractivity contribution in [3.63, 3.8) is 0 Å². The van der Waals surface area contributed by atoms with Crippen molar-refractivity contribution in [2.45, 2.75) is 0 Å². The minimum absolute atomic E-state index is 0.135. The van der Waals surface area contributed by atoms with Crippen LogP contribution in [-0.4, -0.2) is 11.3 Å². The van der Waals surface area contributed by atoms with Crippen molar-refractivity contribution >= 4 is 23.5 Å². The number of rotatable bonds is 3. The van der Waals surface area contributed by atoms with Gasteiger partial charge >= 0.3 is 0 Å². The SMILES string of the molecule is Oc1ccccc1N=Cc1ccc(-c2cccc(Cl)c2)o1. The molecule has 0 fully saturated rings. The molecule has 0 atom stereocenters. The number of phenols is 1. The Morgan fingerprint density at radius 2 is 1.86 bits per heavy atom. The predicted octanol–water partition coefficient (Wildman–Crippen LogP) is 5.06. The summed E-state index contributed by atoms with van der Waals surface area (Å²) in [7, 11) is 0. The zero-order valence-electron chi connectivity index (χ0n) is 11.0. The monoisotopic (exact) mass is 297 g/mol. The Hall–Kier alpha value is -2.52. The largest absolute Gasteiger partial charge is 0.506 e. The van der Waals surface area contributed by atoms with Crippen molar-refractivity contribution in [1.82, 2.24) is 0 Å². The van der Waals surface area contributed by atoms with Crippen LogP contribution < -0.4 is 0 Å². The van der Waals surface area contributed by atoms with Gasteiger partial charge in [0.2, 0.25) is 0 Å². The first-order valence-electron chi connectivity index (χ1n) is 6.40. The number of nitrogens with zero attached hydrogens (tertiary/aromatic N) is 1. The molecule has 0 spiro atoms. The molecule has 1 aromatic heterocycles. The van der Waals surface area contributed by atoms with E-state index in [0.29, 0.717) is 16.5 Å². The van der Waals surface area contributed by atoms with Crippen molar-refractivity contribution in [3.8, 4) is 17.1 Å². The van der Waals surface area contributed by atoms with Crippen LogP contribution in [-0.2, 0) is 0 Å². The molecular weight excluding hydrogens is 286 g/mol. The van der Waals surface area contributed by atoms with E-state index < -0.39 is 0 Å². The van der Waals surface area contributed by atoms with Gasteiger partial charge in [0.15, 0.2) is 0 Å². The van der Waals surface area contributed by atoms with Crippen LogP contribution in [0.5, 0.6) is 5.75 Å². The number of hydrogen-bond acceptors (Lipinski definition) is 3. The second-order valence-electron chi connectivity index (χ2n) is 4.46. The number of hydrogen-bond donors (Lipinski definition) is 1. The third kappa shape index (κ3) is 3.15. The van der Waals surface area contributed by atoms with Gasteiger partial charge in [0, 0.05) is 10.6 Å². The average Bonchev–Trinajstić information content (AvgIpc) is 2.95. The summed E-state index contributed by atoms with van der Waals surface area (Å²) in [5.41, 5.74) is 1.41. The van der Waals surface area contributed by atoms with Crippen molar-refractivity contribution < 1.29 is 9.52 Å². The summed E-state index contributed by atoms with van der Waals surface area (Å²) in [5.74, 6) is 1.46. The number of benzene rings is 2. The molecule has 0 aliphatic rings. The second kappa shape index (κ2) is 5.85. The molecule has 0 aliphatic carbocycles. The van der Waals surface area contributed by atoms with E-state index in [-0.39, 0.29) is 5.75 Å². The van der Waals surface area contributed by atoms with Gasteiger partial charge < -0.3 is 9.52 Å². The van der Waals surface area contributed by atoms with Crippen LogP contribution >= 0.6 is 11.6 Å². The summed E-state index contributed by atoms with van der Waals surface area (Å²) in [6.45, 7) is 0. The van der Waals surface area contributed by atoms with Crippen LogP contribution in [0.25, 0.3) is 11.3 Å². The van der Waals surface area contributed by atoms with E-state index >= 15 is 0 Å². The molecule has 1 heterocycles. The molecule has 104 valence electrons. The van der Waals surface area contributed by atoms with E-state index in [4.69, 9.17) is 16.0 Å². The molecule has 0 bridgehead atoms. The van der Waals surface area contributed by atoms with Crippen LogP contribution in [0, 0.1) is 0 Å². The maximum absolute atomic E-state index is 9.64. The van der Waals surface area contributed by atoms with Gasteiger partial charge in [-0.3, -0.25) is 0 Å². The van der Waals surface area contributed by atoms with Crippen molar-refractivity contribution in [1.29, 1.82) is 0 Å². The van der Waals surface area contributed by atoms with Gasteiger partial charge in [-0.25, -0.2) is 4.99 Å². The van der Waals surface area contributed by atoms with Crippen LogP contribution in [0.3, 0.4) is 0 Å². The van der Waals surface area contributed by atoms with Crippen molar-refractivity contribution in [2.24, 2.45) is 4.99 Å². The standard InChI is InChI=1S/C17H12ClNO2/c18-13-5-3-4-12(10-13)17-9-8-14(21-17)11-19-15-6-1-2-7-16(15)20/h1-11,20H. The summed E-state index contributed by atoms with van der Waals surface area (Å²) >= 11 is 5.96. The summed E-state index contributed by atoms with van der Waals surface area (Å²) < 4.78 is 5.70. The average molecular weight is 298 g/mol. The van der Waals surface area contributed by atoms with Gasteiger partial charge in [0.05, 0.1) is 6.21 Å². The number of aromatic hydroxyl groups is 1. The first-order chi connectivity index (χ1) is 10.2. The number of para-hydroxylation sites is 2. The van der Waals surface area contributed by atoms with E-state index in [9.17, 15) is 5.11 Å². The Morgan fingerprint density at radius 3 is 2.67 bits per heavy atom. The number of furan rings is 1. The lowest BCUT2D eigenvalue weighted by molar-refractivity contribution is 0.477. The summed E-state index contributed by atoms with van der Waals surface area (Å²) in [6, 6.07) is 18.0. The number of halogens is 1. The lowest BCUT2D eigenvalue weighted by atomic mass is 10.2. The van der Waals surface area contributed by atoms with E-state index in [1.165, 1.54) is 0 Å². The van der Waals surface area contributed by atoms with Gasteiger partial charge in [0.25, 0.3) is 0 Å². The Kier molecular flexibility index (Phi) is 3.75. The highest BCUT2D eigenvalue weighted by Gasteiger charge is 2.04. The highest BCUT2D eigenvalue weighted by Crippen LogP contribution is 2.26. The Balaban J connectivity index is 1.84. The maximum atomic E-state index is 9.64. The Bertz CT molecular complexity index is 793. The lowest BCUT2D eigenvalue weighted by Crippen LogP contribution is -1.76. The van der Waals surface area contributed by atoms with Crippen LogP contribution in [0.4, 0.5) is 5.69 Å². The highest BCUT2D eigenvalue weighted by molar-refractivity contribution is 6.30. The van der Waals surface area contributed by atoms with Crippen LogP contribution in [0.15, 0.2) is 70.1 Å². The first-order valence-corrected chi connectivity index (χ1v) is 6.78. The van der Waals surface area contributed by atoms with E-state index in [0.717, 1.165) is 11.3 Å². The molecule has 3 aromatic rings. The minimum Gasteiger partial charge on any atom is -0.506 e. The molecule has 0 radical (unpaired) electrons. The molecule has 0 amide bonds. The molecule has 3 nitrogen and oxygen atoms in total. The zero-order chi connectivity index (χ0) is 14.7. The van der Waals surface area contributed by atoms with E-state index in [1.54, 1.807) is 24.4 Å². The van der Waals surface area contributed by atoms with Gasteiger partial charge in [-0.1, -0.05) is 35.9 Å². The van der Waals surface area contributed by atoms with Crippen LogP contribution in [0.1, 0.15) is 5.76 Å². The fourth-order valence-electron chi connectivity index (χ4n) is 1.93. The third-order valence-electron chi connectivity index (χ3n) is 2.95. The topological polar surface area (TPSA) is 45.7 Å². The minimum atomic E-state index is 0.135. The molecule has 0 saturated heterocycles. The molecular formula is C17H12ClNO2. The third-order valence-corrected chi connectivity index (χ3v) is 3.18. The number of phenolic OH excluding ortho intramolecular Hbond substituents is 1. The van der Waals surface area contributed by atoms with Crippen LogP contribution in [0.2, 0.25) is 5.02 Å². The lowest BCUT2D eigenvalue weighted by Gasteiger charge is -1.97. The summed E-state index contributed by atoms with van der Waals surface area (Å²) in [4.78, 5) is 4.21. The fraction of sp³-hybridized carbons (Fsp3) is 0. The zero-order valence-corrected chi connectivity index (χ0v) is 11.8. The van der Waals surface area contributed by atoms with Gasteiger partial charge in [-0.15, -0.1) is 0 Å². The highest BCUT2D eigenvalue weighted by atomic mass is 35.5. The molecule has 1 N–H and O–H groups in total. The van der Waals surface area contributed by atoms with Gasteiger partial charge in [0.1, 0.15) is 23.0 Å². The molecule has 2 aromatic carbocycles. The van der Waals surface area contributed by atoms with Gasteiger partial charge in [-0.05, 0) is 36.4 Å². The number of aliphatic imine (C=N–C) groups is 1. The van der Waals surface area contributed by atoms with E-state index in [2.05, 4.69) is 4.99 Å². The predicted molar refractivity (Wildman–Crippen MR) is 84.5 cm³/mol. The van der Waals surface area contributed by atoms with E-state index in [1.807, 2.05) is 42.5 Å². The normalized spacial score (nSPS) is 11.1. The molecule has 3 rings (SSSR count). The molecule has 0 unspecified atom stereocenters. The quantitative estimate of drug-likeness (QED) is 0.687. The molecule has 0 saturated carbocycles. The Morgan fingerprint density at radius 1 is 1.00 bits per heavy atom. The molecule has 0 aliphatic heterocycles. The molecule has 21 heavy (non-hydrogen) atoms. The molecule has 4 heteroatoms. The van der Waals surface area contributed by atoms with Gasteiger partial charge in [-0.2, -0.15) is 0 Å². The summed E-state index contributed by atoms with van der Waals surface area (Å²) in [6.07, 6.45) is 1.57.